The van der Waals surface area contributed by atoms with Crippen molar-refractivity contribution in [1.82, 2.24) is 14.7 Å². The zero-order valence-corrected chi connectivity index (χ0v) is 14.3. The Morgan fingerprint density at radius 2 is 2.14 bits per heavy atom. The van der Waals surface area contributed by atoms with Gasteiger partial charge >= 0.3 is 0 Å². The first-order valence-corrected chi connectivity index (χ1v) is 8.58. The number of hydrogen-bond donors (Lipinski definition) is 1. The van der Waals surface area contributed by atoms with Crippen LogP contribution in [0.3, 0.4) is 0 Å². The molecule has 1 atom stereocenters. The van der Waals surface area contributed by atoms with Crippen molar-refractivity contribution in [1.29, 1.82) is 0 Å². The molecule has 3 saturated heterocycles. The lowest BCUT2D eigenvalue weighted by Crippen LogP contribution is -2.53. The van der Waals surface area contributed by atoms with Crippen molar-refractivity contribution >= 4 is 21.6 Å². The molecular weight excluding hydrogens is 332 g/mol. The number of halogens is 1. The van der Waals surface area contributed by atoms with Crippen LogP contribution in [0.2, 0.25) is 0 Å². The standard InChI is InChI=1S/C15H23BrN4O/c1-10(2)8-20-15(21)14(16)12(7-17-20)18-13-9-19-5-3-11(13)4-6-19/h7,10-11,13,18H,3-6,8-9H2,1-2H3. The summed E-state index contributed by atoms with van der Waals surface area (Å²) in [4.78, 5) is 14.8. The summed E-state index contributed by atoms with van der Waals surface area (Å²) >= 11 is 3.45. The first kappa shape index (κ1) is 15.0. The second-order valence-electron chi connectivity index (χ2n) is 6.64. The molecule has 1 aromatic rings. The Bertz CT molecular complexity index is 563. The highest BCUT2D eigenvalue weighted by molar-refractivity contribution is 9.10. The molecule has 1 unspecified atom stereocenters. The fourth-order valence-electron chi connectivity index (χ4n) is 3.37. The number of anilines is 1. The van der Waals surface area contributed by atoms with Gasteiger partial charge in [0, 0.05) is 19.1 Å². The van der Waals surface area contributed by atoms with Crippen LogP contribution in [0, 0.1) is 11.8 Å². The van der Waals surface area contributed by atoms with Gasteiger partial charge in [-0.25, -0.2) is 4.68 Å². The lowest BCUT2D eigenvalue weighted by Gasteiger charge is -2.45. The minimum absolute atomic E-state index is 0.0463. The zero-order chi connectivity index (χ0) is 15.0. The summed E-state index contributed by atoms with van der Waals surface area (Å²) < 4.78 is 2.14. The van der Waals surface area contributed by atoms with E-state index < -0.39 is 0 Å². The van der Waals surface area contributed by atoms with Crippen LogP contribution in [-0.4, -0.2) is 40.4 Å². The van der Waals surface area contributed by atoms with Gasteiger partial charge in [0.25, 0.3) is 5.56 Å². The van der Waals surface area contributed by atoms with Crippen molar-refractivity contribution in [3.05, 3.63) is 21.0 Å². The van der Waals surface area contributed by atoms with Crippen LogP contribution in [0.15, 0.2) is 15.5 Å². The Balaban J connectivity index is 1.77. The van der Waals surface area contributed by atoms with E-state index in [1.54, 1.807) is 6.20 Å². The summed E-state index contributed by atoms with van der Waals surface area (Å²) in [7, 11) is 0. The van der Waals surface area contributed by atoms with Gasteiger partial charge in [-0.2, -0.15) is 5.10 Å². The fraction of sp³-hybridized carbons (Fsp3) is 0.733. The van der Waals surface area contributed by atoms with Crippen molar-refractivity contribution in [2.24, 2.45) is 11.8 Å². The van der Waals surface area contributed by atoms with Crippen molar-refractivity contribution in [2.75, 3.05) is 25.0 Å². The lowest BCUT2D eigenvalue weighted by atomic mass is 9.84. The molecule has 3 aliphatic heterocycles. The van der Waals surface area contributed by atoms with Crippen LogP contribution < -0.4 is 10.9 Å². The highest BCUT2D eigenvalue weighted by atomic mass is 79.9. The molecule has 3 fully saturated rings. The second-order valence-corrected chi connectivity index (χ2v) is 7.44. The van der Waals surface area contributed by atoms with Gasteiger partial charge in [-0.3, -0.25) is 4.79 Å². The predicted molar refractivity (Wildman–Crippen MR) is 87.6 cm³/mol. The molecule has 0 saturated carbocycles. The van der Waals surface area contributed by atoms with Crippen LogP contribution in [-0.2, 0) is 6.54 Å². The maximum absolute atomic E-state index is 12.3. The average Bonchev–Trinajstić information content (AvgIpc) is 2.48. The highest BCUT2D eigenvalue weighted by Crippen LogP contribution is 2.30. The molecule has 116 valence electrons. The number of rotatable bonds is 4. The van der Waals surface area contributed by atoms with E-state index in [2.05, 4.69) is 45.1 Å². The smallest absolute Gasteiger partial charge is 0.283 e. The van der Waals surface area contributed by atoms with E-state index in [0.29, 0.717) is 23.0 Å². The van der Waals surface area contributed by atoms with Crippen LogP contribution in [0.4, 0.5) is 5.69 Å². The predicted octanol–water partition coefficient (Wildman–Crippen LogP) is 2.17. The Kier molecular flexibility index (Phi) is 4.36. The van der Waals surface area contributed by atoms with Crippen molar-refractivity contribution in [3.63, 3.8) is 0 Å². The molecule has 0 spiro atoms. The van der Waals surface area contributed by atoms with Gasteiger partial charge in [0.15, 0.2) is 0 Å². The minimum atomic E-state index is -0.0463. The Labute approximate surface area is 133 Å². The van der Waals surface area contributed by atoms with Gasteiger partial charge in [0.1, 0.15) is 4.47 Å². The normalized spacial score (nSPS) is 28.1. The molecule has 6 heteroatoms. The third kappa shape index (κ3) is 3.16. The third-order valence-corrected chi connectivity index (χ3v) is 5.29. The largest absolute Gasteiger partial charge is 0.378 e. The number of nitrogens with zero attached hydrogens (tertiary/aromatic N) is 3. The molecule has 0 aliphatic carbocycles. The van der Waals surface area contributed by atoms with E-state index >= 15 is 0 Å². The first-order valence-electron chi connectivity index (χ1n) is 7.79. The average molecular weight is 355 g/mol. The van der Waals surface area contributed by atoms with Gasteiger partial charge in [-0.1, -0.05) is 13.8 Å². The molecular formula is C15H23BrN4O. The van der Waals surface area contributed by atoms with Gasteiger partial charge in [0.2, 0.25) is 0 Å². The molecule has 0 radical (unpaired) electrons. The van der Waals surface area contributed by atoms with Crippen LogP contribution >= 0.6 is 15.9 Å². The van der Waals surface area contributed by atoms with E-state index in [0.717, 1.165) is 18.2 Å². The van der Waals surface area contributed by atoms with Gasteiger partial charge < -0.3 is 10.2 Å². The molecule has 5 nitrogen and oxygen atoms in total. The highest BCUT2D eigenvalue weighted by Gasteiger charge is 2.34. The second kappa shape index (κ2) is 6.08. The van der Waals surface area contributed by atoms with Crippen molar-refractivity contribution in [3.8, 4) is 0 Å². The molecule has 4 rings (SSSR count). The minimum Gasteiger partial charge on any atom is -0.378 e. The molecule has 21 heavy (non-hydrogen) atoms. The molecule has 2 bridgehead atoms. The molecule has 0 amide bonds. The number of fused-ring (bicyclic) bond motifs is 3. The van der Waals surface area contributed by atoms with Gasteiger partial charge in [-0.15, -0.1) is 0 Å². The monoisotopic (exact) mass is 354 g/mol. The summed E-state index contributed by atoms with van der Waals surface area (Å²) in [6, 6.07) is 0.436. The first-order chi connectivity index (χ1) is 10.0. The Hall–Kier alpha value is -0.880. The molecule has 0 aromatic carbocycles. The number of nitrogens with one attached hydrogen (secondary N) is 1. The summed E-state index contributed by atoms with van der Waals surface area (Å²) in [5.74, 6) is 1.13. The fourth-order valence-corrected chi connectivity index (χ4v) is 3.79. The van der Waals surface area contributed by atoms with Gasteiger partial charge in [0.05, 0.1) is 11.9 Å². The van der Waals surface area contributed by atoms with E-state index in [4.69, 9.17) is 0 Å². The topological polar surface area (TPSA) is 50.2 Å². The van der Waals surface area contributed by atoms with E-state index in [1.165, 1.54) is 30.6 Å². The SMILES string of the molecule is CC(C)Cn1ncc(NC2CN3CCC2CC3)c(Br)c1=O. The third-order valence-electron chi connectivity index (χ3n) is 4.52. The van der Waals surface area contributed by atoms with E-state index in [9.17, 15) is 4.79 Å². The molecule has 1 aromatic heterocycles. The Morgan fingerprint density at radius 3 is 2.71 bits per heavy atom. The summed E-state index contributed by atoms with van der Waals surface area (Å²) in [5, 5.41) is 7.84. The number of aromatic nitrogens is 2. The van der Waals surface area contributed by atoms with Crippen LogP contribution in [0.25, 0.3) is 0 Å². The summed E-state index contributed by atoms with van der Waals surface area (Å²) in [6.45, 7) is 8.34. The number of hydrogen-bond acceptors (Lipinski definition) is 4. The quantitative estimate of drug-likeness (QED) is 0.900. The maximum atomic E-state index is 12.3. The van der Waals surface area contributed by atoms with E-state index in [1.807, 2.05) is 0 Å². The molecule has 1 N–H and O–H groups in total. The zero-order valence-electron chi connectivity index (χ0n) is 12.7. The summed E-state index contributed by atoms with van der Waals surface area (Å²) in [6.07, 6.45) is 4.30. The maximum Gasteiger partial charge on any atom is 0.283 e. The Morgan fingerprint density at radius 1 is 1.43 bits per heavy atom. The van der Waals surface area contributed by atoms with Gasteiger partial charge in [-0.05, 0) is 53.7 Å². The van der Waals surface area contributed by atoms with Crippen LogP contribution in [0.1, 0.15) is 26.7 Å². The molecule has 3 aliphatic rings. The van der Waals surface area contributed by atoms with Crippen molar-refractivity contribution in [2.45, 2.75) is 39.3 Å². The summed E-state index contributed by atoms with van der Waals surface area (Å²) in [5.41, 5.74) is 0.786. The van der Waals surface area contributed by atoms with E-state index in [-0.39, 0.29) is 5.56 Å². The lowest BCUT2D eigenvalue weighted by molar-refractivity contribution is 0.0975. The van der Waals surface area contributed by atoms with Crippen LogP contribution in [0.5, 0.6) is 0 Å². The number of piperidine rings is 3. The molecule has 4 heterocycles. The van der Waals surface area contributed by atoms with Crippen molar-refractivity contribution < 1.29 is 0 Å².